The molecule has 1 heterocycles. The molecule has 0 bridgehead atoms. The first-order valence-electron chi connectivity index (χ1n) is 11.6. The Morgan fingerprint density at radius 2 is 1.18 bits per heavy atom. The monoisotopic (exact) mass is 440 g/mol. The lowest BCUT2D eigenvalue weighted by molar-refractivity contribution is 0.936. The van der Waals surface area contributed by atoms with Gasteiger partial charge >= 0.3 is 0 Å². The van der Waals surface area contributed by atoms with Crippen molar-refractivity contribution in [1.29, 1.82) is 0 Å². The van der Waals surface area contributed by atoms with E-state index in [2.05, 4.69) is 90.1 Å². The lowest BCUT2D eigenvalue weighted by Gasteiger charge is -2.14. The van der Waals surface area contributed by atoms with E-state index in [1.807, 2.05) is 55.0 Å². The zero-order valence-electron chi connectivity index (χ0n) is 19.8. The summed E-state index contributed by atoms with van der Waals surface area (Å²) in [7, 11) is 6.12. The molecule has 0 fully saturated rings. The van der Waals surface area contributed by atoms with E-state index >= 15 is 0 Å². The molecular formula is C31H29BN2. The second-order valence-electron chi connectivity index (χ2n) is 8.46. The highest BCUT2D eigenvalue weighted by atomic mass is 15.1. The molecular weight excluding hydrogens is 411 g/mol. The average Bonchev–Trinajstić information content (AvgIpc) is 3.33. The fraction of sp³-hybridized carbons (Fsp3) is 0.129. The molecule has 0 N–H and O–H groups in total. The Morgan fingerprint density at radius 1 is 0.676 bits per heavy atom. The van der Waals surface area contributed by atoms with Crippen LogP contribution >= 0.6 is 0 Å². The van der Waals surface area contributed by atoms with Crippen LogP contribution in [0.2, 0.25) is 0 Å². The van der Waals surface area contributed by atoms with Gasteiger partial charge in [-0.2, -0.15) is 0 Å². The minimum Gasteiger partial charge on any atom is -0.302 e. The standard InChI is InChI=1S/C18H18N2.C13H11B/c1-14-7-6-8-15(2)18(14)20-13-19-12-17(20)11-16-9-4-3-5-10-16;14-13(11-7-3-1-4-8-11)12-9-5-2-6-10-12/h3-10,12-13H,11H2,1-2H3;1-10,13H. The molecule has 4 aromatic carbocycles. The molecule has 0 saturated heterocycles. The second-order valence-corrected chi connectivity index (χ2v) is 8.46. The summed E-state index contributed by atoms with van der Waals surface area (Å²) in [4.78, 5) is 4.34. The highest BCUT2D eigenvalue weighted by Crippen LogP contribution is 2.22. The second kappa shape index (κ2) is 11.3. The van der Waals surface area contributed by atoms with Crippen LogP contribution in [0, 0.1) is 13.8 Å². The summed E-state index contributed by atoms with van der Waals surface area (Å²) in [6, 6.07) is 37.2. The molecule has 2 nitrogen and oxygen atoms in total. The number of benzene rings is 4. The van der Waals surface area contributed by atoms with Gasteiger partial charge in [0, 0.05) is 18.3 Å². The van der Waals surface area contributed by atoms with Gasteiger partial charge in [-0.1, -0.05) is 109 Å². The highest BCUT2D eigenvalue weighted by Gasteiger charge is 2.10. The maximum Gasteiger partial charge on any atom is 0.0994 e. The van der Waals surface area contributed by atoms with Crippen LogP contribution in [-0.2, 0) is 6.42 Å². The molecule has 34 heavy (non-hydrogen) atoms. The Hall–Kier alpha value is -3.85. The number of aromatic nitrogens is 2. The lowest BCUT2D eigenvalue weighted by atomic mass is 9.76. The van der Waals surface area contributed by atoms with Crippen molar-refractivity contribution in [2.75, 3.05) is 0 Å². The van der Waals surface area contributed by atoms with Crippen LogP contribution in [0.25, 0.3) is 5.69 Å². The first-order chi connectivity index (χ1) is 16.6. The first-order valence-corrected chi connectivity index (χ1v) is 11.6. The van der Waals surface area contributed by atoms with Crippen LogP contribution in [0.3, 0.4) is 0 Å². The Bertz CT molecular complexity index is 1240. The molecule has 1 aromatic heterocycles. The molecule has 0 saturated carbocycles. The largest absolute Gasteiger partial charge is 0.302 e. The molecule has 5 rings (SSSR count). The number of nitrogens with zero attached hydrogens (tertiary/aromatic N) is 2. The van der Waals surface area contributed by atoms with Crippen molar-refractivity contribution in [3.8, 4) is 5.69 Å². The third kappa shape index (κ3) is 5.74. The minimum atomic E-state index is -0.0163. The van der Waals surface area contributed by atoms with E-state index in [1.54, 1.807) is 0 Å². The van der Waals surface area contributed by atoms with Crippen LogP contribution in [0.1, 0.15) is 39.3 Å². The summed E-state index contributed by atoms with van der Waals surface area (Å²) >= 11 is 0. The van der Waals surface area contributed by atoms with Crippen molar-refractivity contribution >= 4 is 7.85 Å². The Labute approximate surface area is 204 Å². The SMILES string of the molecule is Cc1cccc(C)c1-n1cncc1Cc1ccccc1.[B]C(c1ccccc1)c1ccccc1. The van der Waals surface area contributed by atoms with Gasteiger partial charge in [0.15, 0.2) is 0 Å². The lowest BCUT2D eigenvalue weighted by Crippen LogP contribution is -2.03. The molecule has 2 radical (unpaired) electrons. The van der Waals surface area contributed by atoms with Gasteiger partial charge in [0.2, 0.25) is 0 Å². The number of hydrogen-bond acceptors (Lipinski definition) is 1. The van der Waals surface area contributed by atoms with Gasteiger partial charge in [-0.15, -0.1) is 0 Å². The average molecular weight is 440 g/mol. The minimum absolute atomic E-state index is 0.0163. The topological polar surface area (TPSA) is 17.8 Å². The zero-order valence-corrected chi connectivity index (χ0v) is 19.8. The summed E-state index contributed by atoms with van der Waals surface area (Å²) in [6.07, 6.45) is 4.76. The Morgan fingerprint density at radius 3 is 1.71 bits per heavy atom. The summed E-state index contributed by atoms with van der Waals surface area (Å²) in [5.74, 6) is -0.0163. The summed E-state index contributed by atoms with van der Waals surface area (Å²) in [5, 5.41) is 0. The molecule has 0 atom stereocenters. The van der Waals surface area contributed by atoms with Gasteiger partial charge in [-0.3, -0.25) is 0 Å². The molecule has 3 heteroatoms. The molecule has 0 aliphatic carbocycles. The van der Waals surface area contributed by atoms with Gasteiger partial charge in [0.25, 0.3) is 0 Å². The van der Waals surface area contributed by atoms with Gasteiger partial charge in [-0.05, 0) is 47.5 Å². The normalized spacial score (nSPS) is 10.6. The van der Waals surface area contributed by atoms with Crippen LogP contribution in [0.4, 0.5) is 0 Å². The smallest absolute Gasteiger partial charge is 0.0994 e. The van der Waals surface area contributed by atoms with Crippen molar-refractivity contribution in [3.63, 3.8) is 0 Å². The van der Waals surface area contributed by atoms with E-state index in [-0.39, 0.29) is 5.82 Å². The van der Waals surface area contributed by atoms with E-state index in [4.69, 9.17) is 7.85 Å². The molecule has 0 spiro atoms. The van der Waals surface area contributed by atoms with Gasteiger partial charge in [0.05, 0.1) is 19.9 Å². The molecule has 0 unspecified atom stereocenters. The van der Waals surface area contributed by atoms with E-state index in [0.717, 1.165) is 17.5 Å². The Kier molecular flexibility index (Phi) is 7.77. The van der Waals surface area contributed by atoms with E-state index in [1.165, 1.54) is 28.1 Å². The van der Waals surface area contributed by atoms with Crippen molar-refractivity contribution in [1.82, 2.24) is 9.55 Å². The summed E-state index contributed by atoms with van der Waals surface area (Å²) in [5.41, 5.74) is 8.62. The number of aryl methyl sites for hydroxylation is 2. The fourth-order valence-corrected chi connectivity index (χ4v) is 4.16. The third-order valence-electron chi connectivity index (χ3n) is 5.94. The van der Waals surface area contributed by atoms with Gasteiger partial charge in [0.1, 0.15) is 0 Å². The number of rotatable bonds is 5. The highest BCUT2D eigenvalue weighted by molar-refractivity contribution is 6.14. The summed E-state index contributed by atoms with van der Waals surface area (Å²) in [6.45, 7) is 4.29. The van der Waals surface area contributed by atoms with Gasteiger partial charge in [-0.25, -0.2) is 4.98 Å². The molecule has 5 aromatic rings. The van der Waals surface area contributed by atoms with E-state index in [9.17, 15) is 0 Å². The number of para-hydroxylation sites is 1. The third-order valence-corrected chi connectivity index (χ3v) is 5.94. The first kappa shape index (κ1) is 23.3. The summed E-state index contributed by atoms with van der Waals surface area (Å²) < 4.78 is 2.21. The molecule has 0 aliphatic heterocycles. The van der Waals surface area contributed by atoms with Crippen molar-refractivity contribution in [3.05, 3.63) is 155 Å². The van der Waals surface area contributed by atoms with Crippen LogP contribution in [0.5, 0.6) is 0 Å². The molecule has 0 aliphatic rings. The van der Waals surface area contributed by atoms with Crippen LogP contribution in [0.15, 0.2) is 122 Å². The van der Waals surface area contributed by atoms with E-state index < -0.39 is 0 Å². The van der Waals surface area contributed by atoms with Crippen molar-refractivity contribution < 1.29 is 0 Å². The van der Waals surface area contributed by atoms with Crippen molar-refractivity contribution in [2.24, 2.45) is 0 Å². The molecule has 166 valence electrons. The predicted octanol–water partition coefficient (Wildman–Crippen LogP) is 7.02. The fourth-order valence-electron chi connectivity index (χ4n) is 4.16. The maximum atomic E-state index is 6.12. The van der Waals surface area contributed by atoms with Crippen LogP contribution < -0.4 is 0 Å². The van der Waals surface area contributed by atoms with Crippen molar-refractivity contribution in [2.45, 2.75) is 26.1 Å². The maximum absolute atomic E-state index is 6.12. The van der Waals surface area contributed by atoms with Gasteiger partial charge < -0.3 is 4.57 Å². The quantitative estimate of drug-likeness (QED) is 0.269. The number of imidazole rings is 1. The van der Waals surface area contributed by atoms with E-state index in [0.29, 0.717) is 0 Å². The molecule has 0 amide bonds. The van der Waals surface area contributed by atoms with Crippen LogP contribution in [-0.4, -0.2) is 17.4 Å². The zero-order chi connectivity index (χ0) is 23.8. The Balaban J connectivity index is 0.000000172. The number of hydrogen-bond donors (Lipinski definition) is 0. The predicted molar refractivity (Wildman–Crippen MR) is 143 cm³/mol.